The zero-order chi connectivity index (χ0) is 19.5. The van der Waals surface area contributed by atoms with E-state index in [1.807, 2.05) is 30.3 Å². The molecule has 2 aromatic heterocycles. The van der Waals surface area contributed by atoms with Gasteiger partial charge in [0, 0.05) is 10.6 Å². The zero-order valence-electron chi connectivity index (χ0n) is 15.0. The molecule has 0 atom stereocenters. The maximum Gasteiger partial charge on any atom is 0.262 e. The van der Waals surface area contributed by atoms with Crippen molar-refractivity contribution in [3.63, 3.8) is 0 Å². The Morgan fingerprint density at radius 3 is 2.79 bits per heavy atom. The second-order valence-electron chi connectivity index (χ2n) is 6.56. The lowest BCUT2D eigenvalue weighted by molar-refractivity contribution is -0.122. The summed E-state index contributed by atoms with van der Waals surface area (Å²) in [6.45, 7) is -0.132. The number of hydrogen-bond donors (Lipinski definition) is 3. The fraction of sp³-hybridized carbons (Fsp3) is 0.263. The van der Waals surface area contributed by atoms with Gasteiger partial charge in [0.2, 0.25) is 0 Å². The Kier molecular flexibility index (Phi) is 5.36. The highest BCUT2D eigenvalue weighted by molar-refractivity contribution is 7.80. The highest BCUT2D eigenvalue weighted by atomic mass is 32.1. The largest absolute Gasteiger partial charge is 0.331 e. The number of aryl methyl sites for hydroxylation is 2. The van der Waals surface area contributed by atoms with Crippen molar-refractivity contribution >= 4 is 50.5 Å². The predicted octanol–water partition coefficient (Wildman–Crippen LogP) is 2.35. The summed E-state index contributed by atoms with van der Waals surface area (Å²) in [5, 5.41) is 3.88. The van der Waals surface area contributed by atoms with E-state index >= 15 is 0 Å². The van der Waals surface area contributed by atoms with Gasteiger partial charge in [-0.05, 0) is 55.6 Å². The van der Waals surface area contributed by atoms with E-state index in [9.17, 15) is 9.59 Å². The molecule has 0 saturated carbocycles. The molecule has 0 radical (unpaired) electrons. The number of fused-ring (bicyclic) bond motifs is 3. The summed E-state index contributed by atoms with van der Waals surface area (Å²) in [6.07, 6.45) is 5.59. The van der Waals surface area contributed by atoms with Crippen LogP contribution in [0.15, 0.2) is 41.5 Å². The zero-order valence-corrected chi connectivity index (χ0v) is 16.7. The molecule has 1 aliphatic rings. The number of hydrazine groups is 1. The van der Waals surface area contributed by atoms with E-state index in [1.165, 1.54) is 15.8 Å². The van der Waals surface area contributed by atoms with Gasteiger partial charge in [0.15, 0.2) is 5.11 Å². The molecule has 2 heterocycles. The van der Waals surface area contributed by atoms with Crippen molar-refractivity contribution in [2.45, 2.75) is 32.2 Å². The minimum absolute atomic E-state index is 0.132. The van der Waals surface area contributed by atoms with E-state index in [-0.39, 0.29) is 23.1 Å². The summed E-state index contributed by atoms with van der Waals surface area (Å²) < 4.78 is 1.34. The van der Waals surface area contributed by atoms with Gasteiger partial charge in [-0.1, -0.05) is 18.2 Å². The lowest BCUT2D eigenvalue weighted by Gasteiger charge is -2.12. The average molecular weight is 414 g/mol. The molecule has 1 aromatic carbocycles. The number of aromatic nitrogens is 2. The molecular formula is C19H19N5O2S2. The molecular weight excluding hydrogens is 394 g/mol. The first kappa shape index (κ1) is 18.6. The van der Waals surface area contributed by atoms with Crippen LogP contribution in [0.1, 0.15) is 23.3 Å². The van der Waals surface area contributed by atoms with Crippen molar-refractivity contribution in [2.24, 2.45) is 0 Å². The van der Waals surface area contributed by atoms with Crippen molar-refractivity contribution in [1.29, 1.82) is 0 Å². The smallest absolute Gasteiger partial charge is 0.262 e. The lowest BCUT2D eigenvalue weighted by Crippen LogP contribution is -2.45. The van der Waals surface area contributed by atoms with Crippen molar-refractivity contribution in [3.05, 3.63) is 57.5 Å². The highest BCUT2D eigenvalue weighted by Gasteiger charge is 2.20. The molecule has 0 spiro atoms. The van der Waals surface area contributed by atoms with Gasteiger partial charge in [0.1, 0.15) is 11.4 Å². The molecule has 3 aromatic rings. The van der Waals surface area contributed by atoms with Crippen LogP contribution in [0, 0.1) is 0 Å². The van der Waals surface area contributed by atoms with Gasteiger partial charge in [-0.3, -0.25) is 25.0 Å². The predicted molar refractivity (Wildman–Crippen MR) is 114 cm³/mol. The number of para-hydroxylation sites is 1. The van der Waals surface area contributed by atoms with Gasteiger partial charge in [-0.2, -0.15) is 0 Å². The number of nitrogens with one attached hydrogen (secondary N) is 3. The Bertz CT molecular complexity index is 1090. The Labute approximate surface area is 170 Å². The number of carbonyl (C=O) groups is 1. The van der Waals surface area contributed by atoms with Gasteiger partial charge in [0.05, 0.1) is 11.7 Å². The number of nitrogens with zero attached hydrogens (tertiary/aromatic N) is 2. The Morgan fingerprint density at radius 1 is 1.18 bits per heavy atom. The lowest BCUT2D eigenvalue weighted by atomic mass is 9.97. The molecule has 9 heteroatoms. The summed E-state index contributed by atoms with van der Waals surface area (Å²) in [5.74, 6) is -0.385. The third kappa shape index (κ3) is 3.90. The number of carbonyl (C=O) groups excluding carboxylic acids is 1. The van der Waals surface area contributed by atoms with Crippen molar-refractivity contribution < 1.29 is 4.79 Å². The van der Waals surface area contributed by atoms with E-state index in [4.69, 9.17) is 12.2 Å². The van der Waals surface area contributed by atoms with Gasteiger partial charge in [0.25, 0.3) is 11.5 Å². The van der Waals surface area contributed by atoms with Crippen LogP contribution >= 0.6 is 23.6 Å². The summed E-state index contributed by atoms with van der Waals surface area (Å²) in [4.78, 5) is 31.5. The van der Waals surface area contributed by atoms with Crippen LogP contribution in [0.5, 0.6) is 0 Å². The molecule has 0 saturated heterocycles. The minimum Gasteiger partial charge on any atom is -0.331 e. The number of hydrogen-bond acceptors (Lipinski definition) is 5. The third-order valence-electron chi connectivity index (χ3n) is 4.60. The quantitative estimate of drug-likeness (QED) is 0.451. The van der Waals surface area contributed by atoms with E-state index in [1.54, 1.807) is 11.3 Å². The third-order valence-corrected chi connectivity index (χ3v) is 6.01. The molecule has 0 aliphatic heterocycles. The molecule has 4 rings (SSSR count). The Morgan fingerprint density at radius 2 is 1.96 bits per heavy atom. The van der Waals surface area contributed by atoms with E-state index in [0.717, 1.165) is 41.8 Å². The number of anilines is 1. The van der Waals surface area contributed by atoms with E-state index < -0.39 is 0 Å². The monoisotopic (exact) mass is 413 g/mol. The number of thiocarbonyl (C=S) groups is 1. The Hall–Kier alpha value is -2.78. The van der Waals surface area contributed by atoms with E-state index in [0.29, 0.717) is 5.39 Å². The number of amides is 1. The van der Waals surface area contributed by atoms with Crippen molar-refractivity contribution in [3.8, 4) is 0 Å². The molecule has 28 heavy (non-hydrogen) atoms. The topological polar surface area (TPSA) is 88.0 Å². The summed E-state index contributed by atoms with van der Waals surface area (Å²) in [6, 6.07) is 9.37. The second kappa shape index (κ2) is 8.07. The molecule has 0 bridgehead atoms. The molecule has 1 aliphatic carbocycles. The normalized spacial score (nSPS) is 13.0. The molecule has 0 fully saturated rings. The first-order valence-electron chi connectivity index (χ1n) is 9.02. The summed E-state index contributed by atoms with van der Waals surface area (Å²) >= 11 is 6.74. The van der Waals surface area contributed by atoms with Crippen LogP contribution in [-0.4, -0.2) is 20.6 Å². The summed E-state index contributed by atoms with van der Waals surface area (Å²) in [7, 11) is 0. The molecule has 1 amide bonds. The maximum absolute atomic E-state index is 12.9. The van der Waals surface area contributed by atoms with Gasteiger partial charge >= 0.3 is 0 Å². The van der Waals surface area contributed by atoms with Crippen LogP contribution in [0.4, 0.5) is 5.69 Å². The van der Waals surface area contributed by atoms with Crippen molar-refractivity contribution in [1.82, 2.24) is 20.4 Å². The summed E-state index contributed by atoms with van der Waals surface area (Å²) in [5.41, 5.74) is 6.91. The highest BCUT2D eigenvalue weighted by Crippen LogP contribution is 2.33. The molecule has 7 nitrogen and oxygen atoms in total. The van der Waals surface area contributed by atoms with Crippen LogP contribution in [0.25, 0.3) is 10.2 Å². The molecule has 0 unspecified atom stereocenters. The second-order valence-corrected chi connectivity index (χ2v) is 8.05. The number of thiophene rings is 1. The standard InChI is InChI=1S/C19H19N5O2S2/c25-15(22-23-19(27)21-12-6-2-1-3-7-12)10-24-11-20-17-16(18(24)26)13-8-4-5-9-14(13)28-17/h1-3,6-7,11H,4-5,8-10H2,(H,22,25)(H2,21,23,27). The maximum atomic E-state index is 12.9. The molecule has 144 valence electrons. The first-order valence-corrected chi connectivity index (χ1v) is 10.2. The molecule has 3 N–H and O–H groups in total. The average Bonchev–Trinajstić information content (AvgIpc) is 3.09. The fourth-order valence-corrected chi connectivity index (χ4v) is 4.69. The first-order chi connectivity index (χ1) is 13.6. The SMILES string of the molecule is O=C(Cn1cnc2sc3c(c2c1=O)CCCC3)NNC(=S)Nc1ccccc1. The van der Waals surface area contributed by atoms with Crippen LogP contribution in [0.3, 0.4) is 0 Å². The van der Waals surface area contributed by atoms with Crippen LogP contribution in [0.2, 0.25) is 0 Å². The van der Waals surface area contributed by atoms with Gasteiger partial charge < -0.3 is 5.32 Å². The van der Waals surface area contributed by atoms with Crippen LogP contribution in [-0.2, 0) is 24.2 Å². The van der Waals surface area contributed by atoms with Crippen LogP contribution < -0.4 is 21.7 Å². The fourth-order valence-electron chi connectivity index (χ4n) is 3.30. The van der Waals surface area contributed by atoms with Gasteiger partial charge in [-0.15, -0.1) is 11.3 Å². The number of benzene rings is 1. The van der Waals surface area contributed by atoms with Gasteiger partial charge in [-0.25, -0.2) is 4.98 Å². The Balaban J connectivity index is 1.42. The van der Waals surface area contributed by atoms with E-state index in [2.05, 4.69) is 21.2 Å². The minimum atomic E-state index is -0.385. The van der Waals surface area contributed by atoms with Crippen molar-refractivity contribution in [2.75, 3.05) is 5.32 Å². The number of rotatable bonds is 3.